The molecule has 3 heterocycles. The maximum Gasteiger partial charge on any atom is 0.285 e. The molecule has 0 saturated heterocycles. The highest BCUT2D eigenvalue weighted by molar-refractivity contribution is 5.84. The standard InChI is InChI=1S/C22H16F2N4O3/c1-11-15(21-26-17-13(30-2)9-6-10-14(17)31-21)22(29)28-20(25-11)16(18(27-28)19(23)24)12-7-4-3-5-8-12/h3-10,19,27H,1-2H3. The van der Waals surface area contributed by atoms with Gasteiger partial charge in [0.2, 0.25) is 5.89 Å². The second-order valence-electron chi connectivity index (χ2n) is 6.93. The minimum Gasteiger partial charge on any atom is -0.494 e. The van der Waals surface area contributed by atoms with E-state index in [9.17, 15) is 13.6 Å². The van der Waals surface area contributed by atoms with Gasteiger partial charge in [-0.15, -0.1) is 0 Å². The number of hydrogen-bond donors (Lipinski definition) is 1. The topological polar surface area (TPSA) is 85.4 Å². The van der Waals surface area contributed by atoms with Gasteiger partial charge in [0.15, 0.2) is 16.7 Å². The number of aromatic nitrogens is 4. The highest BCUT2D eigenvalue weighted by atomic mass is 19.3. The molecule has 3 aromatic heterocycles. The van der Waals surface area contributed by atoms with Crippen molar-refractivity contribution in [2.75, 3.05) is 7.11 Å². The number of para-hydroxylation sites is 1. The Bertz CT molecular complexity index is 1490. The van der Waals surface area contributed by atoms with Crippen molar-refractivity contribution in [1.29, 1.82) is 0 Å². The lowest BCUT2D eigenvalue weighted by Crippen LogP contribution is -2.19. The molecule has 0 aliphatic heterocycles. The molecule has 0 atom stereocenters. The van der Waals surface area contributed by atoms with Crippen molar-refractivity contribution in [3.05, 3.63) is 70.3 Å². The molecule has 9 heteroatoms. The number of rotatable bonds is 4. The van der Waals surface area contributed by atoms with Crippen LogP contribution in [0.15, 0.2) is 57.7 Å². The minimum absolute atomic E-state index is 0.0401. The zero-order valence-electron chi connectivity index (χ0n) is 16.5. The van der Waals surface area contributed by atoms with E-state index in [-0.39, 0.29) is 28.4 Å². The highest BCUT2D eigenvalue weighted by Gasteiger charge is 2.26. The maximum absolute atomic E-state index is 13.8. The third kappa shape index (κ3) is 2.89. The predicted molar refractivity (Wildman–Crippen MR) is 110 cm³/mol. The Labute approximate surface area is 173 Å². The summed E-state index contributed by atoms with van der Waals surface area (Å²) in [4.78, 5) is 22.2. The quantitative estimate of drug-likeness (QED) is 0.452. The molecule has 156 valence electrons. The van der Waals surface area contributed by atoms with Crippen LogP contribution < -0.4 is 10.3 Å². The van der Waals surface area contributed by atoms with Crippen molar-refractivity contribution in [1.82, 2.24) is 19.6 Å². The van der Waals surface area contributed by atoms with Gasteiger partial charge in [-0.1, -0.05) is 36.4 Å². The van der Waals surface area contributed by atoms with E-state index in [1.54, 1.807) is 55.5 Å². The third-order valence-corrected chi connectivity index (χ3v) is 5.09. The van der Waals surface area contributed by atoms with Gasteiger partial charge in [-0.05, 0) is 24.6 Å². The smallest absolute Gasteiger partial charge is 0.285 e. The maximum atomic E-state index is 13.8. The van der Waals surface area contributed by atoms with Crippen LogP contribution in [0.4, 0.5) is 8.78 Å². The molecule has 0 bridgehead atoms. The molecular weight excluding hydrogens is 406 g/mol. The molecule has 2 aromatic carbocycles. The van der Waals surface area contributed by atoms with E-state index in [2.05, 4.69) is 15.1 Å². The van der Waals surface area contributed by atoms with Crippen LogP contribution in [0.25, 0.3) is 39.3 Å². The Kier molecular flexibility index (Phi) is 4.32. The van der Waals surface area contributed by atoms with Crippen LogP contribution in [-0.2, 0) is 0 Å². The van der Waals surface area contributed by atoms with Gasteiger partial charge in [-0.3, -0.25) is 9.89 Å². The first-order valence-electron chi connectivity index (χ1n) is 9.42. The van der Waals surface area contributed by atoms with Gasteiger partial charge in [0.05, 0.1) is 18.4 Å². The number of aromatic amines is 1. The SMILES string of the molecule is COc1cccc2oc(-c3c(C)nc4c(-c5ccccc5)c(C(F)F)[nH]n4c3=O)nc12. The van der Waals surface area contributed by atoms with Crippen molar-refractivity contribution in [3.8, 4) is 28.3 Å². The lowest BCUT2D eigenvalue weighted by molar-refractivity contribution is 0.146. The van der Waals surface area contributed by atoms with E-state index in [0.29, 0.717) is 28.1 Å². The Morgan fingerprint density at radius 3 is 2.55 bits per heavy atom. The number of halogens is 2. The van der Waals surface area contributed by atoms with Gasteiger partial charge in [0.1, 0.15) is 17.0 Å². The van der Waals surface area contributed by atoms with Crippen molar-refractivity contribution in [2.45, 2.75) is 13.3 Å². The lowest BCUT2D eigenvalue weighted by Gasteiger charge is -2.04. The van der Waals surface area contributed by atoms with Gasteiger partial charge in [-0.2, -0.15) is 4.52 Å². The Balaban J connectivity index is 1.81. The van der Waals surface area contributed by atoms with Gasteiger partial charge in [0.25, 0.3) is 12.0 Å². The second-order valence-corrected chi connectivity index (χ2v) is 6.93. The Morgan fingerprint density at radius 1 is 1.06 bits per heavy atom. The summed E-state index contributed by atoms with van der Waals surface area (Å²) in [5, 5.41) is 2.52. The molecule has 1 N–H and O–H groups in total. The molecule has 0 fully saturated rings. The first-order chi connectivity index (χ1) is 15.0. The van der Waals surface area contributed by atoms with Crippen LogP contribution in [0.3, 0.4) is 0 Å². The number of alkyl halides is 2. The van der Waals surface area contributed by atoms with Crippen molar-refractivity contribution in [3.63, 3.8) is 0 Å². The van der Waals surface area contributed by atoms with Crippen molar-refractivity contribution < 1.29 is 17.9 Å². The number of aryl methyl sites for hydroxylation is 1. The van der Waals surface area contributed by atoms with Crippen molar-refractivity contribution in [2.24, 2.45) is 0 Å². The average molecular weight is 422 g/mol. The number of benzene rings is 2. The molecular formula is C22H16F2N4O3. The molecule has 0 unspecified atom stereocenters. The fraction of sp³-hybridized carbons (Fsp3) is 0.136. The van der Waals surface area contributed by atoms with Crippen LogP contribution in [0.2, 0.25) is 0 Å². The number of ether oxygens (including phenoxy) is 1. The van der Waals surface area contributed by atoms with E-state index >= 15 is 0 Å². The van der Waals surface area contributed by atoms with Crippen LogP contribution in [-0.4, -0.2) is 26.7 Å². The van der Waals surface area contributed by atoms with Crippen LogP contribution in [0.1, 0.15) is 17.8 Å². The summed E-state index contributed by atoms with van der Waals surface area (Å²) in [7, 11) is 1.51. The molecule has 31 heavy (non-hydrogen) atoms. The first-order valence-corrected chi connectivity index (χ1v) is 9.42. The third-order valence-electron chi connectivity index (χ3n) is 5.09. The number of nitrogens with one attached hydrogen (secondary N) is 1. The number of hydrogen-bond acceptors (Lipinski definition) is 5. The number of methoxy groups -OCH3 is 1. The molecule has 0 spiro atoms. The number of oxazole rings is 1. The zero-order chi connectivity index (χ0) is 21.7. The number of fused-ring (bicyclic) bond motifs is 2. The van der Waals surface area contributed by atoms with Crippen LogP contribution in [0.5, 0.6) is 5.75 Å². The second kappa shape index (κ2) is 7.05. The summed E-state index contributed by atoms with van der Waals surface area (Å²) < 4.78 is 39.7. The summed E-state index contributed by atoms with van der Waals surface area (Å²) in [5.41, 5.74) is 1.13. The summed E-state index contributed by atoms with van der Waals surface area (Å²) in [5.74, 6) is 0.531. The highest BCUT2D eigenvalue weighted by Crippen LogP contribution is 2.34. The Morgan fingerprint density at radius 2 is 1.84 bits per heavy atom. The van der Waals surface area contributed by atoms with Crippen molar-refractivity contribution >= 4 is 16.7 Å². The summed E-state index contributed by atoms with van der Waals surface area (Å²) in [6.07, 6.45) is -2.83. The van der Waals surface area contributed by atoms with Crippen LogP contribution >= 0.6 is 0 Å². The summed E-state index contributed by atoms with van der Waals surface area (Å²) in [6.45, 7) is 1.62. The van der Waals surface area contributed by atoms with Gasteiger partial charge >= 0.3 is 0 Å². The molecule has 0 amide bonds. The average Bonchev–Trinajstić information content (AvgIpc) is 3.36. The van der Waals surface area contributed by atoms with E-state index in [1.807, 2.05) is 0 Å². The molecule has 5 rings (SSSR count). The molecule has 7 nitrogen and oxygen atoms in total. The molecule has 0 radical (unpaired) electrons. The predicted octanol–water partition coefficient (Wildman–Crippen LogP) is 4.75. The van der Waals surface area contributed by atoms with E-state index in [0.717, 1.165) is 4.52 Å². The van der Waals surface area contributed by atoms with Gasteiger partial charge < -0.3 is 9.15 Å². The fourth-order valence-electron chi connectivity index (χ4n) is 3.68. The zero-order valence-corrected chi connectivity index (χ0v) is 16.5. The normalized spacial score (nSPS) is 11.6. The number of nitrogens with zero attached hydrogens (tertiary/aromatic N) is 3. The van der Waals surface area contributed by atoms with Crippen LogP contribution in [0, 0.1) is 6.92 Å². The minimum atomic E-state index is -2.83. The van der Waals surface area contributed by atoms with Gasteiger partial charge in [-0.25, -0.2) is 18.7 Å². The largest absolute Gasteiger partial charge is 0.494 e. The number of H-pyrrole nitrogens is 1. The lowest BCUT2D eigenvalue weighted by atomic mass is 10.1. The van der Waals surface area contributed by atoms with E-state index < -0.39 is 12.0 Å². The summed E-state index contributed by atoms with van der Waals surface area (Å²) >= 11 is 0. The Hall–Kier alpha value is -4.01. The molecule has 0 saturated carbocycles. The summed E-state index contributed by atoms with van der Waals surface area (Å²) in [6, 6.07) is 13.8. The molecule has 5 aromatic rings. The molecule has 0 aliphatic rings. The van der Waals surface area contributed by atoms with E-state index in [1.165, 1.54) is 7.11 Å². The monoisotopic (exact) mass is 422 g/mol. The molecule has 0 aliphatic carbocycles. The first kappa shape index (κ1) is 19.0. The van der Waals surface area contributed by atoms with Gasteiger partial charge in [0, 0.05) is 0 Å². The van der Waals surface area contributed by atoms with E-state index in [4.69, 9.17) is 9.15 Å². The fourth-order valence-corrected chi connectivity index (χ4v) is 3.68.